The number of aliphatic hydroxyl groups is 1. The lowest BCUT2D eigenvalue weighted by Crippen LogP contribution is -2.66. The van der Waals surface area contributed by atoms with E-state index in [9.17, 15) is 14.7 Å². The van der Waals surface area contributed by atoms with Gasteiger partial charge in [-0.05, 0) is 104 Å². The zero-order chi connectivity index (χ0) is 27.9. The number of methoxy groups -OCH3 is 1. The maximum atomic E-state index is 13.4. The number of fused-ring (bicyclic) bond motifs is 7. The number of aliphatic hydroxyl groups excluding tert-OH is 1. The van der Waals surface area contributed by atoms with Gasteiger partial charge in [0.25, 0.3) is 0 Å². The third kappa shape index (κ3) is 3.58. The van der Waals surface area contributed by atoms with Gasteiger partial charge in [-0.25, -0.2) is 0 Å². The van der Waals surface area contributed by atoms with Gasteiger partial charge < -0.3 is 14.6 Å². The van der Waals surface area contributed by atoms with Crippen molar-refractivity contribution < 1.29 is 24.2 Å². The summed E-state index contributed by atoms with van der Waals surface area (Å²) in [5.41, 5.74) is 1.19. The number of hydrogen-bond donors (Lipinski definition) is 1. The summed E-state index contributed by atoms with van der Waals surface area (Å²) in [6.45, 7) is 16.0. The molecular weight excluding hydrogens is 476 g/mol. The molecule has 0 aromatic carbocycles. The molecule has 5 nitrogen and oxygen atoms in total. The predicted molar refractivity (Wildman–Crippen MR) is 148 cm³/mol. The van der Waals surface area contributed by atoms with Gasteiger partial charge in [-0.3, -0.25) is 9.59 Å². The second kappa shape index (κ2) is 8.82. The van der Waals surface area contributed by atoms with Crippen molar-refractivity contribution in [2.45, 2.75) is 119 Å². The molecule has 0 unspecified atom stereocenters. The predicted octanol–water partition coefficient (Wildman–Crippen LogP) is 6.87. The summed E-state index contributed by atoms with van der Waals surface area (Å²) >= 11 is 0. The largest absolute Gasteiger partial charge is 0.469 e. The number of carbonyl (C=O) groups is 2. The topological polar surface area (TPSA) is 72.8 Å². The van der Waals surface area contributed by atoms with Crippen molar-refractivity contribution in [3.05, 3.63) is 11.6 Å². The fourth-order valence-corrected chi connectivity index (χ4v) is 11.2. The molecule has 9 atom stereocenters. The Kier molecular flexibility index (Phi) is 6.54. The quantitative estimate of drug-likeness (QED) is 0.320. The van der Waals surface area contributed by atoms with E-state index in [1.807, 2.05) is 0 Å². The monoisotopic (exact) mass is 528 g/mol. The SMILES string of the molecule is COC(=O)[C@]12CCC(C)(C)C[C@H]1C1=CC[C@@H]3[C@@]4(C)CC[C@H](OC(C)=O)[C@@](C)(CO)[C@@H]4CC[C@@]3(C)[C@]1(C)CC2. The minimum absolute atomic E-state index is 0.00593. The molecular formula is C33H52O5. The van der Waals surface area contributed by atoms with E-state index in [4.69, 9.17) is 9.47 Å². The van der Waals surface area contributed by atoms with E-state index in [-0.39, 0.29) is 57.6 Å². The summed E-state index contributed by atoms with van der Waals surface area (Å²) in [5, 5.41) is 10.7. The maximum Gasteiger partial charge on any atom is 0.312 e. The van der Waals surface area contributed by atoms with Crippen LogP contribution in [0.5, 0.6) is 0 Å². The fourth-order valence-electron chi connectivity index (χ4n) is 11.2. The molecule has 0 aromatic rings. The zero-order valence-electron chi connectivity index (χ0n) is 25.2. The van der Waals surface area contributed by atoms with Crippen LogP contribution in [0.1, 0.15) is 113 Å². The van der Waals surface area contributed by atoms with Crippen LogP contribution in [0.2, 0.25) is 0 Å². The third-order valence-electron chi connectivity index (χ3n) is 13.6. The van der Waals surface area contributed by atoms with Crippen LogP contribution in [-0.2, 0) is 19.1 Å². The molecule has 214 valence electrons. The highest BCUT2D eigenvalue weighted by Gasteiger charge is 2.70. The first-order chi connectivity index (χ1) is 17.6. The van der Waals surface area contributed by atoms with Gasteiger partial charge in [-0.1, -0.05) is 53.2 Å². The van der Waals surface area contributed by atoms with Gasteiger partial charge in [0, 0.05) is 12.3 Å². The van der Waals surface area contributed by atoms with Crippen LogP contribution in [0, 0.1) is 50.2 Å². The second-order valence-corrected chi connectivity index (χ2v) is 15.7. The highest BCUT2D eigenvalue weighted by molar-refractivity contribution is 5.78. The zero-order valence-corrected chi connectivity index (χ0v) is 25.2. The van der Waals surface area contributed by atoms with Crippen LogP contribution in [-0.4, -0.2) is 36.9 Å². The Morgan fingerprint density at radius 1 is 0.947 bits per heavy atom. The van der Waals surface area contributed by atoms with E-state index in [1.54, 1.807) is 12.7 Å². The van der Waals surface area contributed by atoms with Crippen LogP contribution < -0.4 is 0 Å². The first kappa shape index (κ1) is 28.2. The molecule has 5 rings (SSSR count). The molecule has 0 radical (unpaired) electrons. The summed E-state index contributed by atoms with van der Waals surface area (Å²) in [5.74, 6) is 0.813. The number of ether oxygens (including phenoxy) is 2. The molecule has 0 aliphatic heterocycles. The lowest BCUT2D eigenvalue weighted by molar-refractivity contribution is -0.224. The molecule has 0 spiro atoms. The van der Waals surface area contributed by atoms with E-state index in [1.165, 1.54) is 6.92 Å². The lowest BCUT2D eigenvalue weighted by Gasteiger charge is -2.71. The number of allylic oxidation sites excluding steroid dienone is 2. The molecule has 0 saturated heterocycles. The molecule has 0 bridgehead atoms. The Balaban J connectivity index is 1.56. The molecule has 5 aliphatic carbocycles. The Bertz CT molecular complexity index is 1030. The molecule has 5 heteroatoms. The first-order valence-electron chi connectivity index (χ1n) is 15.2. The van der Waals surface area contributed by atoms with Gasteiger partial charge in [0.15, 0.2) is 0 Å². The fraction of sp³-hybridized carbons (Fsp3) is 0.879. The number of rotatable bonds is 3. The van der Waals surface area contributed by atoms with Crippen molar-refractivity contribution in [3.63, 3.8) is 0 Å². The average molecular weight is 529 g/mol. The molecule has 0 aromatic heterocycles. The molecule has 4 saturated carbocycles. The van der Waals surface area contributed by atoms with Gasteiger partial charge in [-0.15, -0.1) is 0 Å². The summed E-state index contributed by atoms with van der Waals surface area (Å²) in [6, 6.07) is 0. The number of hydrogen-bond acceptors (Lipinski definition) is 5. The van der Waals surface area contributed by atoms with E-state index in [2.05, 4.69) is 47.6 Å². The van der Waals surface area contributed by atoms with E-state index < -0.39 is 5.41 Å². The van der Waals surface area contributed by atoms with E-state index in [0.29, 0.717) is 11.8 Å². The normalized spacial score (nSPS) is 49.3. The van der Waals surface area contributed by atoms with Crippen LogP contribution in [0.25, 0.3) is 0 Å². The van der Waals surface area contributed by atoms with Gasteiger partial charge in [0.1, 0.15) is 6.10 Å². The van der Waals surface area contributed by atoms with Crippen LogP contribution in [0.3, 0.4) is 0 Å². The lowest BCUT2D eigenvalue weighted by atomic mass is 9.33. The summed E-state index contributed by atoms with van der Waals surface area (Å²) in [4.78, 5) is 25.4. The third-order valence-corrected chi connectivity index (χ3v) is 13.6. The summed E-state index contributed by atoms with van der Waals surface area (Å²) < 4.78 is 11.3. The minimum Gasteiger partial charge on any atom is -0.469 e. The highest BCUT2D eigenvalue weighted by atomic mass is 16.5. The van der Waals surface area contributed by atoms with Crippen LogP contribution >= 0.6 is 0 Å². The Hall–Kier alpha value is -1.36. The smallest absolute Gasteiger partial charge is 0.312 e. The second-order valence-electron chi connectivity index (χ2n) is 15.7. The van der Waals surface area contributed by atoms with Gasteiger partial charge in [0.2, 0.25) is 0 Å². The Morgan fingerprint density at radius 3 is 2.26 bits per heavy atom. The van der Waals surface area contributed by atoms with Crippen LogP contribution in [0.4, 0.5) is 0 Å². The van der Waals surface area contributed by atoms with E-state index >= 15 is 0 Å². The Labute approximate surface area is 230 Å². The number of esters is 2. The van der Waals surface area contributed by atoms with Gasteiger partial charge >= 0.3 is 11.9 Å². The first-order valence-corrected chi connectivity index (χ1v) is 15.2. The summed E-state index contributed by atoms with van der Waals surface area (Å²) in [7, 11) is 1.57. The molecule has 4 fully saturated rings. The molecule has 5 aliphatic rings. The van der Waals surface area contributed by atoms with Crippen molar-refractivity contribution in [1.29, 1.82) is 0 Å². The van der Waals surface area contributed by atoms with Crippen molar-refractivity contribution in [1.82, 2.24) is 0 Å². The molecule has 1 N–H and O–H groups in total. The van der Waals surface area contributed by atoms with E-state index in [0.717, 1.165) is 64.2 Å². The molecule has 38 heavy (non-hydrogen) atoms. The van der Waals surface area contributed by atoms with Crippen molar-refractivity contribution in [3.8, 4) is 0 Å². The maximum absolute atomic E-state index is 13.4. The highest BCUT2D eigenvalue weighted by Crippen LogP contribution is 2.76. The minimum atomic E-state index is -0.426. The van der Waals surface area contributed by atoms with Crippen LogP contribution in [0.15, 0.2) is 11.6 Å². The van der Waals surface area contributed by atoms with Gasteiger partial charge in [0.05, 0.1) is 19.1 Å². The summed E-state index contributed by atoms with van der Waals surface area (Å²) in [6.07, 6.45) is 12.4. The van der Waals surface area contributed by atoms with Gasteiger partial charge in [-0.2, -0.15) is 0 Å². The number of carbonyl (C=O) groups excluding carboxylic acids is 2. The van der Waals surface area contributed by atoms with Crippen molar-refractivity contribution in [2.24, 2.45) is 50.2 Å². The molecule has 0 amide bonds. The van der Waals surface area contributed by atoms with Crippen molar-refractivity contribution >= 4 is 11.9 Å². The Morgan fingerprint density at radius 2 is 1.63 bits per heavy atom. The standard InChI is InChI=1S/C33H52O5/c1-21(35)38-26-12-13-29(4)24(30(26,5)20-34)11-14-32(7)25(29)10-9-22-23-19-28(2,3)15-17-33(23,27(36)37-8)18-16-31(22,32)6/h9,23-26,34H,10-20H2,1-8H3/t23-,24+,25+,26-,29-,30-,31+,32+,33-/m0/s1. The molecule has 0 heterocycles. The average Bonchev–Trinajstić information content (AvgIpc) is 2.85. The van der Waals surface area contributed by atoms with Crippen molar-refractivity contribution in [2.75, 3.05) is 13.7 Å².